The van der Waals surface area contributed by atoms with Crippen LogP contribution < -0.4 is 15.5 Å². The fourth-order valence-corrected chi connectivity index (χ4v) is 4.70. The van der Waals surface area contributed by atoms with Crippen molar-refractivity contribution in [3.8, 4) is 11.4 Å². The second kappa shape index (κ2) is 12.6. The quantitative estimate of drug-likeness (QED) is 0.145. The van der Waals surface area contributed by atoms with E-state index in [1.54, 1.807) is 32.2 Å². The summed E-state index contributed by atoms with van der Waals surface area (Å²) >= 11 is 13.4. The maximum absolute atomic E-state index is 12.7. The molecule has 0 saturated carbocycles. The number of nitrogens with one attached hydrogen (secondary N) is 2. The Morgan fingerprint density at radius 2 is 1.86 bits per heavy atom. The Bertz CT molecular complexity index is 1400. The zero-order valence-electron chi connectivity index (χ0n) is 20.1. The van der Waals surface area contributed by atoms with E-state index in [1.807, 2.05) is 59.2 Å². The standard InChI is InChI=1S/C26H24Cl2N6O2S/c1-17(25(35)32-30-15-18-12-13-19(27)14-21(18)28)37-26-33-31-24(34(26)20-8-4-3-5-9-20)16-29-22-10-6-7-11-23(22)36-2/h3-15,17,29H,16H2,1-2H3,(H,32,35)/b30-15-/t17-/m0/s1. The monoisotopic (exact) mass is 554 g/mol. The minimum atomic E-state index is -0.500. The fourth-order valence-electron chi connectivity index (χ4n) is 3.37. The molecule has 2 N–H and O–H groups in total. The summed E-state index contributed by atoms with van der Waals surface area (Å²) in [6.07, 6.45) is 1.47. The van der Waals surface area contributed by atoms with Gasteiger partial charge in [0, 0.05) is 16.3 Å². The summed E-state index contributed by atoms with van der Waals surface area (Å²) in [7, 11) is 1.63. The van der Waals surface area contributed by atoms with Crippen LogP contribution in [0.4, 0.5) is 5.69 Å². The highest BCUT2D eigenvalue weighted by atomic mass is 35.5. The summed E-state index contributed by atoms with van der Waals surface area (Å²) in [6, 6.07) is 22.4. The van der Waals surface area contributed by atoms with Crippen LogP contribution in [0.5, 0.6) is 5.75 Å². The number of amides is 1. The van der Waals surface area contributed by atoms with E-state index in [-0.39, 0.29) is 5.91 Å². The maximum Gasteiger partial charge on any atom is 0.253 e. The number of anilines is 1. The molecule has 0 bridgehead atoms. The van der Waals surface area contributed by atoms with E-state index in [0.29, 0.717) is 33.1 Å². The molecule has 3 aromatic carbocycles. The molecule has 8 nitrogen and oxygen atoms in total. The normalized spacial score (nSPS) is 11.9. The first kappa shape index (κ1) is 26.5. The van der Waals surface area contributed by atoms with Gasteiger partial charge >= 0.3 is 0 Å². The molecule has 0 saturated heterocycles. The molecule has 1 heterocycles. The van der Waals surface area contributed by atoms with Crippen LogP contribution >= 0.6 is 35.0 Å². The van der Waals surface area contributed by atoms with Gasteiger partial charge in [0.25, 0.3) is 5.91 Å². The molecule has 11 heteroatoms. The lowest BCUT2D eigenvalue weighted by Crippen LogP contribution is -2.27. The third kappa shape index (κ3) is 6.82. The Morgan fingerprint density at radius 1 is 1.11 bits per heavy atom. The molecule has 1 aromatic heterocycles. The lowest BCUT2D eigenvalue weighted by atomic mass is 10.2. The number of hydrogen-bond acceptors (Lipinski definition) is 7. The van der Waals surface area contributed by atoms with E-state index in [0.717, 1.165) is 17.1 Å². The van der Waals surface area contributed by atoms with Gasteiger partial charge in [0.2, 0.25) is 0 Å². The molecular formula is C26H24Cl2N6O2S. The van der Waals surface area contributed by atoms with E-state index < -0.39 is 5.25 Å². The number of hydrazone groups is 1. The van der Waals surface area contributed by atoms with Gasteiger partial charge in [-0.3, -0.25) is 9.36 Å². The van der Waals surface area contributed by atoms with Crippen molar-refractivity contribution in [2.24, 2.45) is 5.10 Å². The van der Waals surface area contributed by atoms with Crippen LogP contribution in [0, 0.1) is 0 Å². The van der Waals surface area contributed by atoms with Crippen LogP contribution in [-0.2, 0) is 11.3 Å². The first-order valence-corrected chi connectivity index (χ1v) is 12.9. The maximum atomic E-state index is 12.7. The van der Waals surface area contributed by atoms with Crippen LogP contribution in [0.25, 0.3) is 5.69 Å². The largest absolute Gasteiger partial charge is 0.495 e. The number of para-hydroxylation sites is 3. The van der Waals surface area contributed by atoms with Crippen molar-refractivity contribution < 1.29 is 9.53 Å². The number of ether oxygens (including phenoxy) is 1. The van der Waals surface area contributed by atoms with Crippen LogP contribution in [0.1, 0.15) is 18.3 Å². The number of carbonyl (C=O) groups is 1. The Kier molecular flexibility index (Phi) is 9.05. The van der Waals surface area contributed by atoms with Crippen molar-refractivity contribution in [3.05, 3.63) is 94.2 Å². The van der Waals surface area contributed by atoms with E-state index in [2.05, 4.69) is 26.0 Å². The Hall–Kier alpha value is -3.53. The third-order valence-electron chi connectivity index (χ3n) is 5.25. The zero-order valence-corrected chi connectivity index (χ0v) is 22.4. The number of methoxy groups -OCH3 is 1. The van der Waals surface area contributed by atoms with E-state index in [9.17, 15) is 4.79 Å². The second-order valence-corrected chi connectivity index (χ2v) is 9.94. The van der Waals surface area contributed by atoms with Crippen LogP contribution in [0.3, 0.4) is 0 Å². The first-order chi connectivity index (χ1) is 18.0. The molecule has 0 aliphatic carbocycles. The van der Waals surface area contributed by atoms with Crippen LogP contribution in [0.15, 0.2) is 83.1 Å². The molecule has 0 spiro atoms. The molecule has 4 aromatic rings. The average Bonchev–Trinajstić information content (AvgIpc) is 3.31. The summed E-state index contributed by atoms with van der Waals surface area (Å²) < 4.78 is 7.35. The Morgan fingerprint density at radius 3 is 2.62 bits per heavy atom. The number of aromatic nitrogens is 3. The topological polar surface area (TPSA) is 93.4 Å². The van der Waals surface area contributed by atoms with Gasteiger partial charge in [0.1, 0.15) is 5.75 Å². The van der Waals surface area contributed by atoms with Crippen molar-refractivity contribution in [1.82, 2.24) is 20.2 Å². The third-order valence-corrected chi connectivity index (χ3v) is 6.86. The molecule has 190 valence electrons. The summed E-state index contributed by atoms with van der Waals surface area (Å²) in [4.78, 5) is 12.7. The van der Waals surface area contributed by atoms with Crippen LogP contribution in [0.2, 0.25) is 10.0 Å². The van der Waals surface area contributed by atoms with E-state index in [4.69, 9.17) is 27.9 Å². The summed E-state index contributed by atoms with van der Waals surface area (Å²) in [5.41, 5.74) is 4.92. The number of carbonyl (C=O) groups excluding carboxylic acids is 1. The first-order valence-electron chi connectivity index (χ1n) is 11.3. The van der Waals surface area contributed by atoms with Gasteiger partial charge in [-0.05, 0) is 43.3 Å². The fraction of sp³-hybridized carbons (Fsp3) is 0.154. The lowest BCUT2D eigenvalue weighted by molar-refractivity contribution is -0.120. The number of halogens is 2. The summed E-state index contributed by atoms with van der Waals surface area (Å²) in [6.45, 7) is 2.18. The highest BCUT2D eigenvalue weighted by Crippen LogP contribution is 2.28. The number of benzene rings is 3. The molecule has 4 rings (SSSR count). The number of nitrogens with zero attached hydrogens (tertiary/aromatic N) is 4. The van der Waals surface area contributed by atoms with Gasteiger partial charge in [-0.15, -0.1) is 10.2 Å². The molecule has 1 atom stereocenters. The smallest absolute Gasteiger partial charge is 0.253 e. The van der Waals surface area contributed by atoms with Crippen molar-refractivity contribution in [2.75, 3.05) is 12.4 Å². The number of hydrogen-bond donors (Lipinski definition) is 2. The zero-order chi connectivity index (χ0) is 26.2. The van der Waals surface area contributed by atoms with Crippen molar-refractivity contribution in [3.63, 3.8) is 0 Å². The van der Waals surface area contributed by atoms with Gasteiger partial charge < -0.3 is 10.1 Å². The van der Waals surface area contributed by atoms with E-state index >= 15 is 0 Å². The predicted molar refractivity (Wildman–Crippen MR) is 149 cm³/mol. The van der Waals surface area contributed by atoms with Crippen molar-refractivity contribution >= 4 is 52.8 Å². The highest BCUT2D eigenvalue weighted by Gasteiger charge is 2.21. The molecular weight excluding hydrogens is 531 g/mol. The number of rotatable bonds is 10. The minimum Gasteiger partial charge on any atom is -0.495 e. The summed E-state index contributed by atoms with van der Waals surface area (Å²) in [5, 5.41) is 17.2. The number of thioether (sulfide) groups is 1. The molecule has 0 unspecified atom stereocenters. The predicted octanol–water partition coefficient (Wildman–Crippen LogP) is 5.83. The molecule has 0 fully saturated rings. The Balaban J connectivity index is 1.48. The molecule has 0 aliphatic heterocycles. The summed E-state index contributed by atoms with van der Waals surface area (Å²) in [5.74, 6) is 1.12. The SMILES string of the molecule is COc1ccccc1NCc1nnc(S[C@@H](C)C(=O)N/N=C\c2ccc(Cl)cc2Cl)n1-c1ccccc1. The molecule has 1 amide bonds. The second-order valence-electron chi connectivity index (χ2n) is 7.78. The molecule has 37 heavy (non-hydrogen) atoms. The van der Waals surface area contributed by atoms with E-state index in [1.165, 1.54) is 18.0 Å². The average molecular weight is 555 g/mol. The van der Waals surface area contributed by atoms with Crippen LogP contribution in [-0.4, -0.2) is 39.2 Å². The lowest BCUT2D eigenvalue weighted by Gasteiger charge is -2.14. The van der Waals surface area contributed by atoms with Gasteiger partial charge in [-0.25, -0.2) is 5.43 Å². The minimum absolute atomic E-state index is 0.289. The van der Waals surface area contributed by atoms with Gasteiger partial charge in [0.05, 0.1) is 35.8 Å². The van der Waals surface area contributed by atoms with Gasteiger partial charge in [-0.1, -0.05) is 71.4 Å². The van der Waals surface area contributed by atoms with Gasteiger partial charge in [0.15, 0.2) is 11.0 Å². The van der Waals surface area contributed by atoms with Gasteiger partial charge in [-0.2, -0.15) is 5.10 Å². The Labute approximate surface area is 229 Å². The van der Waals surface area contributed by atoms with Crippen molar-refractivity contribution in [1.29, 1.82) is 0 Å². The molecule has 0 aliphatic rings. The highest BCUT2D eigenvalue weighted by molar-refractivity contribution is 8.00. The molecule has 0 radical (unpaired) electrons. The van der Waals surface area contributed by atoms with Crippen molar-refractivity contribution in [2.45, 2.75) is 23.9 Å².